The van der Waals surface area contributed by atoms with Gasteiger partial charge in [0.15, 0.2) is 29.7 Å². The van der Waals surface area contributed by atoms with Crippen molar-refractivity contribution in [2.45, 2.75) is 99.7 Å². The Bertz CT molecular complexity index is 2460. The number of nitrogens with one attached hydrogen (secondary N) is 1. The number of aliphatic hydroxyl groups is 6. The van der Waals surface area contributed by atoms with Crippen LogP contribution < -0.4 is 14.8 Å². The van der Waals surface area contributed by atoms with Crippen LogP contribution in [0.1, 0.15) is 74.4 Å². The lowest BCUT2D eigenvalue weighted by Gasteiger charge is -2.42. The molecule has 2 aliphatic carbocycles. The first-order valence-electron chi connectivity index (χ1n) is 19.7. The number of amides is 1. The number of carboxylic acid groups (broad SMARTS) is 1. The summed E-state index contributed by atoms with van der Waals surface area (Å²) < 4.78 is 32.9. The van der Waals surface area contributed by atoms with E-state index in [-0.39, 0.29) is 40.0 Å². The van der Waals surface area contributed by atoms with E-state index in [0.29, 0.717) is 0 Å². The smallest absolute Gasteiger partial charge is 0.407 e. The zero-order valence-electron chi connectivity index (χ0n) is 34.1. The monoisotopic (exact) mass is 914 g/mol. The maximum absolute atomic E-state index is 14.0. The molecule has 2 aliphatic heterocycles. The number of alkyl carbamates (subject to hydrolysis) is 1. The highest BCUT2D eigenvalue weighted by atomic mass is 16.7. The normalized spacial score (nSPS) is 29.4. The van der Waals surface area contributed by atoms with E-state index in [2.05, 4.69) is 5.32 Å². The minimum atomic E-state index is -2.45. The Morgan fingerprint density at radius 3 is 2.31 bits per heavy atom. The summed E-state index contributed by atoms with van der Waals surface area (Å²) in [5.74, 6) is -6.81. The lowest BCUT2D eigenvalue weighted by molar-refractivity contribution is -0.387. The van der Waals surface area contributed by atoms with Crippen LogP contribution in [0.5, 0.6) is 23.0 Å². The van der Waals surface area contributed by atoms with Crippen molar-refractivity contribution in [2.75, 3.05) is 13.7 Å². The van der Waals surface area contributed by atoms with Gasteiger partial charge in [-0.15, -0.1) is 0 Å². The van der Waals surface area contributed by atoms with E-state index in [9.17, 15) is 80.0 Å². The van der Waals surface area contributed by atoms with Crippen LogP contribution in [0, 0.1) is 10.1 Å². The maximum Gasteiger partial charge on any atom is 0.407 e. The highest BCUT2D eigenvalue weighted by molar-refractivity contribution is 6.31. The number of carboxylic acids is 1. The molecular formula is C41H42N2O22. The number of phenols is 2. The number of carbonyl (C=O) groups excluding carboxylic acids is 4. The summed E-state index contributed by atoms with van der Waals surface area (Å²) in [7, 11) is 1.26. The summed E-state index contributed by atoms with van der Waals surface area (Å²) in [6.45, 7) is -0.369. The van der Waals surface area contributed by atoms with Crippen molar-refractivity contribution in [1.29, 1.82) is 0 Å². The summed E-state index contributed by atoms with van der Waals surface area (Å²) in [6, 6.07) is 6.08. The zero-order chi connectivity index (χ0) is 47.4. The molecule has 3 aromatic carbocycles. The Morgan fingerprint density at radius 1 is 0.938 bits per heavy atom. The van der Waals surface area contributed by atoms with Crippen molar-refractivity contribution < 1.29 is 103 Å². The Hall–Kier alpha value is -6.35. The van der Waals surface area contributed by atoms with Crippen LogP contribution in [-0.4, -0.2) is 155 Å². The summed E-state index contributed by atoms with van der Waals surface area (Å²) in [4.78, 5) is 76.3. The molecule has 10 N–H and O–H groups in total. The van der Waals surface area contributed by atoms with Crippen LogP contribution >= 0.6 is 0 Å². The minimum Gasteiger partial charge on any atom is -0.507 e. The number of ketones is 3. The molecule has 3 aromatic rings. The van der Waals surface area contributed by atoms with Crippen LogP contribution in [0.4, 0.5) is 10.5 Å². The van der Waals surface area contributed by atoms with Gasteiger partial charge in [0.2, 0.25) is 12.1 Å². The number of nitrogens with zero attached hydrogens (tertiary/aromatic N) is 1. The standard InChI is InChI=1S/C41H42N2O22/c1-14-29(46)18(42-40(56)61-13-15-6-7-20(19(8-15)43(58)59)64-39-36(53)34(51)35(52)37(65-39)38(54)55)9-24(62-14)63-22-11-41(57,23(45)12-44)10-17-26(22)33(50)28-27(31(17)48)30(47)16-4-3-5-21(60-2)25(16)32(28)49/h3-8,14,18,22,24,29,34-37,39,44,46,48,50-53,57H,9-13H2,1-2H3,(H,42,56)(H,54,55)/t14-,18-,22-,24-,29+,34-,35-,36+,37-,39?,41-/m0/s1. The Labute approximate surface area is 365 Å². The fraction of sp³-hybridized carbons (Fsp3) is 0.439. The van der Waals surface area contributed by atoms with Crippen LogP contribution in [0.2, 0.25) is 0 Å². The van der Waals surface area contributed by atoms with E-state index in [1.807, 2.05) is 0 Å². The van der Waals surface area contributed by atoms with Gasteiger partial charge in [-0.25, -0.2) is 9.59 Å². The predicted octanol–water partition coefficient (Wildman–Crippen LogP) is -0.852. The molecule has 24 heteroatoms. The van der Waals surface area contributed by atoms with Crippen molar-refractivity contribution in [3.05, 3.63) is 85.5 Å². The molecule has 0 radical (unpaired) electrons. The molecule has 24 nitrogen and oxygen atoms in total. The Balaban J connectivity index is 1.09. The quantitative estimate of drug-likeness (QED) is 0.0470. The molecule has 7 rings (SSSR count). The second kappa shape index (κ2) is 17.9. The molecular weight excluding hydrogens is 872 g/mol. The lowest BCUT2D eigenvalue weighted by atomic mass is 9.72. The molecule has 4 aliphatic rings. The Morgan fingerprint density at radius 2 is 1.65 bits per heavy atom. The van der Waals surface area contributed by atoms with Crippen LogP contribution in [0.3, 0.4) is 0 Å². The van der Waals surface area contributed by atoms with Gasteiger partial charge < -0.3 is 79.7 Å². The highest BCUT2D eigenvalue weighted by Gasteiger charge is 2.51. The van der Waals surface area contributed by atoms with E-state index < -0.39 is 161 Å². The Kier molecular flexibility index (Phi) is 12.8. The first-order chi connectivity index (χ1) is 30.7. The maximum atomic E-state index is 14.0. The SMILES string of the molecule is COc1cccc2c1C(=O)c1c(O)c3c(c(O)c1C2=O)C[C@@](O)(C(=O)CO)C[C@@H]3O[C@H]1C[C@H](NC(=O)OCc2ccc(OC3O[C@H](C(=O)O)[C@@H](O)[C@H](O)[C@H]3O)c([N+](=O)[O-])c2)[C@H](O)[C@H](C)O1. The van der Waals surface area contributed by atoms with Crippen molar-refractivity contribution in [3.8, 4) is 23.0 Å². The summed E-state index contributed by atoms with van der Waals surface area (Å²) in [5, 5.41) is 110. The van der Waals surface area contributed by atoms with E-state index in [1.165, 1.54) is 38.3 Å². The number of hydrogen-bond acceptors (Lipinski definition) is 21. The second-order valence-electron chi connectivity index (χ2n) is 15.7. The van der Waals surface area contributed by atoms with Crippen LogP contribution in [0.15, 0.2) is 36.4 Å². The van der Waals surface area contributed by atoms with Gasteiger partial charge in [-0.3, -0.25) is 24.5 Å². The third-order valence-electron chi connectivity index (χ3n) is 11.7. The first kappa shape index (κ1) is 46.6. The average Bonchev–Trinajstić information content (AvgIpc) is 3.27. The van der Waals surface area contributed by atoms with E-state index >= 15 is 0 Å². The number of ether oxygens (including phenoxy) is 6. The molecule has 2 heterocycles. The van der Waals surface area contributed by atoms with Gasteiger partial charge in [0.05, 0.1) is 47.0 Å². The summed E-state index contributed by atoms with van der Waals surface area (Å²) in [5.41, 5.74) is -5.40. The predicted molar refractivity (Wildman–Crippen MR) is 209 cm³/mol. The number of nitro groups is 1. The second-order valence-corrected chi connectivity index (χ2v) is 15.7. The molecule has 2 fully saturated rings. The molecule has 0 spiro atoms. The van der Waals surface area contributed by atoms with Crippen LogP contribution in [0.25, 0.3) is 0 Å². The van der Waals surface area contributed by atoms with E-state index in [1.54, 1.807) is 0 Å². The lowest BCUT2D eigenvalue weighted by Crippen LogP contribution is -2.61. The molecule has 11 atom stereocenters. The van der Waals surface area contributed by atoms with Gasteiger partial charge >= 0.3 is 17.7 Å². The van der Waals surface area contributed by atoms with Crippen molar-refractivity contribution in [2.24, 2.45) is 0 Å². The zero-order valence-corrected chi connectivity index (χ0v) is 34.1. The number of aliphatic carboxylic acids is 1. The van der Waals surface area contributed by atoms with Gasteiger partial charge in [0.25, 0.3) is 0 Å². The van der Waals surface area contributed by atoms with Crippen LogP contribution in [-0.2, 0) is 41.6 Å². The molecule has 1 unspecified atom stereocenters. The summed E-state index contributed by atoms with van der Waals surface area (Å²) >= 11 is 0. The number of nitro benzene ring substituents is 1. The molecule has 0 saturated carbocycles. The molecule has 1 amide bonds. The van der Waals surface area contributed by atoms with Gasteiger partial charge in [-0.1, -0.05) is 18.2 Å². The molecule has 2 saturated heterocycles. The third kappa shape index (κ3) is 8.42. The number of phenolic OH excluding ortho intramolecular Hbond substituents is 2. The number of Topliss-reactive ketones (excluding diaryl/α,β-unsaturated/α-hetero) is 1. The minimum absolute atomic E-state index is 0.00142. The number of aromatic hydroxyl groups is 2. The number of benzene rings is 3. The number of fused-ring (bicyclic) bond motifs is 3. The fourth-order valence-electron chi connectivity index (χ4n) is 8.37. The van der Waals surface area contributed by atoms with Crippen molar-refractivity contribution in [1.82, 2.24) is 5.32 Å². The number of rotatable bonds is 12. The number of aliphatic hydroxyl groups excluding tert-OH is 5. The van der Waals surface area contributed by atoms with E-state index in [4.69, 9.17) is 28.4 Å². The number of carbonyl (C=O) groups is 5. The van der Waals surface area contributed by atoms with Gasteiger partial charge in [0.1, 0.15) is 60.5 Å². The summed E-state index contributed by atoms with van der Waals surface area (Å²) in [6.07, 6.45) is -18.6. The van der Waals surface area contributed by atoms with Crippen molar-refractivity contribution >= 4 is 35.1 Å². The molecule has 0 bridgehead atoms. The fourth-order valence-corrected chi connectivity index (χ4v) is 8.37. The van der Waals surface area contributed by atoms with Gasteiger partial charge in [0, 0.05) is 42.0 Å². The molecule has 65 heavy (non-hydrogen) atoms. The number of hydrogen-bond donors (Lipinski definition) is 10. The number of methoxy groups -OCH3 is 1. The third-order valence-corrected chi connectivity index (χ3v) is 11.7. The average molecular weight is 915 g/mol. The van der Waals surface area contributed by atoms with Crippen molar-refractivity contribution in [3.63, 3.8) is 0 Å². The van der Waals surface area contributed by atoms with E-state index in [0.717, 1.165) is 12.1 Å². The van der Waals surface area contributed by atoms with Gasteiger partial charge in [-0.2, -0.15) is 0 Å². The topological polar surface area (TPSA) is 378 Å². The first-order valence-corrected chi connectivity index (χ1v) is 19.7. The molecule has 0 aromatic heterocycles. The largest absolute Gasteiger partial charge is 0.507 e. The molecule has 348 valence electrons. The highest BCUT2D eigenvalue weighted by Crippen LogP contribution is 2.52. The van der Waals surface area contributed by atoms with Gasteiger partial charge in [-0.05, 0) is 24.6 Å².